The van der Waals surface area contributed by atoms with Crippen molar-refractivity contribution >= 4 is 23.6 Å². The van der Waals surface area contributed by atoms with Gasteiger partial charge in [-0.3, -0.25) is 0 Å². The predicted octanol–water partition coefficient (Wildman–Crippen LogP) is -1.67. The van der Waals surface area contributed by atoms with Gasteiger partial charge in [0.2, 0.25) is 0 Å². The van der Waals surface area contributed by atoms with Crippen molar-refractivity contribution in [3.8, 4) is 0 Å². The summed E-state index contributed by atoms with van der Waals surface area (Å²) < 4.78 is 51.7. The zero-order chi connectivity index (χ0) is 16.4. The van der Waals surface area contributed by atoms with E-state index in [-0.39, 0.29) is 5.21 Å². The summed E-state index contributed by atoms with van der Waals surface area (Å²) in [5, 5.41) is 29.0. The Balaban J connectivity index is 2.52. The molecular weight excluding hydrogens is 371 g/mol. The molecule has 9 nitrogen and oxygen atoms in total. The van der Waals surface area contributed by atoms with E-state index in [1.54, 1.807) is 11.4 Å². The average Bonchev–Trinajstić information content (AvgIpc) is 2.50. The second-order valence-corrected chi connectivity index (χ2v) is 14.4. The van der Waals surface area contributed by atoms with Crippen molar-refractivity contribution in [2.75, 3.05) is 12.4 Å². The molecule has 1 saturated heterocycles. The molecule has 1 rings (SSSR count). The van der Waals surface area contributed by atoms with E-state index in [4.69, 9.17) is 14.0 Å². The van der Waals surface area contributed by atoms with Crippen LogP contribution in [0.2, 0.25) is 16.6 Å². The van der Waals surface area contributed by atoms with Crippen molar-refractivity contribution in [1.82, 2.24) is 0 Å². The standard InChI is InChI=1S/C10H21AsO9S/c1-11(2,15)3-7-8(13)9(14)10(20-7)19-4-6(12)5-21(16,17)18/h6-10,12-14H,3-5H2,1-2H3,(H,16,17,18)/t6?,7-,8-,9-,10?/m1/s1. The maximum absolute atomic E-state index is 11.8. The normalized spacial score (nSPS) is 32.3. The molecule has 2 unspecified atom stereocenters. The molecule has 0 spiro atoms. The molecule has 0 radical (unpaired) electrons. The van der Waals surface area contributed by atoms with Crippen LogP contribution in [0.4, 0.5) is 0 Å². The first-order valence-electron chi connectivity index (χ1n) is 6.19. The first-order chi connectivity index (χ1) is 9.39. The van der Waals surface area contributed by atoms with Crippen LogP contribution in [0.3, 0.4) is 0 Å². The molecule has 126 valence electrons. The third-order valence-corrected chi connectivity index (χ3v) is 6.20. The molecule has 4 N–H and O–H groups in total. The van der Waals surface area contributed by atoms with Crippen molar-refractivity contribution in [1.29, 1.82) is 0 Å². The minimum atomic E-state index is -4.35. The van der Waals surface area contributed by atoms with Gasteiger partial charge in [0.05, 0.1) is 0 Å². The first kappa shape index (κ1) is 19.1. The maximum atomic E-state index is 11.8. The molecular formula is C10H21AsO9S. The average molecular weight is 392 g/mol. The van der Waals surface area contributed by atoms with Crippen molar-refractivity contribution in [3.05, 3.63) is 0 Å². The van der Waals surface area contributed by atoms with Gasteiger partial charge in [0.15, 0.2) is 0 Å². The van der Waals surface area contributed by atoms with Gasteiger partial charge < -0.3 is 0 Å². The third kappa shape index (κ3) is 6.79. The minimum absolute atomic E-state index is 0.115. The fraction of sp³-hybridized carbons (Fsp3) is 1.00. The quantitative estimate of drug-likeness (QED) is 0.295. The van der Waals surface area contributed by atoms with Gasteiger partial charge in [-0.1, -0.05) is 0 Å². The first-order valence-corrected chi connectivity index (χ1v) is 13.6. The topological polar surface area (TPSA) is 151 Å². The Bertz CT molecular complexity index is 487. The predicted molar refractivity (Wildman–Crippen MR) is 72.0 cm³/mol. The summed E-state index contributed by atoms with van der Waals surface area (Å²) in [6.07, 6.45) is -6.27. The zero-order valence-corrected chi connectivity index (χ0v) is 14.4. The summed E-state index contributed by atoms with van der Waals surface area (Å²) in [6, 6.07) is 0. The van der Waals surface area contributed by atoms with Gasteiger partial charge >= 0.3 is 125 Å². The van der Waals surface area contributed by atoms with E-state index in [2.05, 4.69) is 0 Å². The summed E-state index contributed by atoms with van der Waals surface area (Å²) in [5.41, 5.74) is 3.15. The van der Waals surface area contributed by atoms with Crippen molar-refractivity contribution in [3.63, 3.8) is 0 Å². The molecule has 11 heteroatoms. The number of aliphatic hydroxyl groups excluding tert-OH is 3. The molecule has 0 amide bonds. The van der Waals surface area contributed by atoms with Gasteiger partial charge in [-0.05, 0) is 0 Å². The number of ether oxygens (including phenoxy) is 2. The Hall–Kier alpha value is 0.0684. The Kier molecular flexibility index (Phi) is 6.46. The Morgan fingerprint density at radius 2 is 1.86 bits per heavy atom. The summed E-state index contributed by atoms with van der Waals surface area (Å²) in [5.74, 6) is -0.913. The summed E-state index contributed by atoms with van der Waals surface area (Å²) in [6.45, 7) is -0.512. The molecule has 0 aliphatic carbocycles. The van der Waals surface area contributed by atoms with Crippen LogP contribution in [0.5, 0.6) is 0 Å². The molecule has 21 heavy (non-hydrogen) atoms. The second-order valence-electron chi connectivity index (χ2n) is 5.52. The van der Waals surface area contributed by atoms with Gasteiger partial charge in [-0.25, -0.2) is 0 Å². The number of aliphatic hydroxyl groups is 3. The number of rotatable bonds is 7. The molecule has 1 aliphatic rings. The van der Waals surface area contributed by atoms with Crippen LogP contribution in [0.1, 0.15) is 0 Å². The van der Waals surface area contributed by atoms with Crippen LogP contribution in [0.15, 0.2) is 0 Å². The van der Waals surface area contributed by atoms with Crippen LogP contribution < -0.4 is 0 Å². The van der Waals surface area contributed by atoms with E-state index in [1.807, 2.05) is 0 Å². The van der Waals surface area contributed by atoms with Crippen molar-refractivity contribution in [2.45, 2.75) is 47.3 Å². The van der Waals surface area contributed by atoms with Crippen LogP contribution in [0.25, 0.3) is 0 Å². The molecule has 0 aromatic carbocycles. The SMILES string of the molecule is C[As](C)(=O)C[C@H]1OC(OCC(O)CS(=O)(=O)O)[C@H](O)[C@@H]1O. The van der Waals surface area contributed by atoms with E-state index in [9.17, 15) is 27.5 Å². The van der Waals surface area contributed by atoms with E-state index in [1.165, 1.54) is 0 Å². The zero-order valence-electron chi connectivity index (χ0n) is 11.7. The van der Waals surface area contributed by atoms with Gasteiger partial charge in [-0.2, -0.15) is 0 Å². The molecule has 1 aliphatic heterocycles. The van der Waals surface area contributed by atoms with E-state index in [0.29, 0.717) is 0 Å². The Labute approximate surface area is 125 Å². The van der Waals surface area contributed by atoms with E-state index < -0.39 is 66.7 Å². The van der Waals surface area contributed by atoms with Gasteiger partial charge in [0.1, 0.15) is 0 Å². The van der Waals surface area contributed by atoms with Gasteiger partial charge in [-0.15, -0.1) is 0 Å². The van der Waals surface area contributed by atoms with Gasteiger partial charge in [0, 0.05) is 0 Å². The molecule has 0 bridgehead atoms. The third-order valence-electron chi connectivity index (χ3n) is 2.79. The molecule has 0 aromatic heterocycles. The second kappa shape index (κ2) is 7.10. The summed E-state index contributed by atoms with van der Waals surface area (Å²) in [7, 11) is -4.35. The summed E-state index contributed by atoms with van der Waals surface area (Å²) >= 11 is -3.09. The molecule has 0 saturated carbocycles. The molecule has 0 aromatic rings. The fourth-order valence-corrected chi connectivity index (χ4v) is 4.97. The number of hydrogen-bond donors (Lipinski definition) is 4. The van der Waals surface area contributed by atoms with Crippen molar-refractivity contribution in [2.24, 2.45) is 0 Å². The monoisotopic (exact) mass is 392 g/mol. The van der Waals surface area contributed by atoms with E-state index in [0.717, 1.165) is 0 Å². The molecule has 1 heterocycles. The van der Waals surface area contributed by atoms with Crippen LogP contribution >= 0.6 is 0 Å². The van der Waals surface area contributed by atoms with E-state index >= 15 is 0 Å². The Morgan fingerprint density at radius 3 is 2.33 bits per heavy atom. The molecule has 5 atom stereocenters. The van der Waals surface area contributed by atoms with Crippen LogP contribution in [-0.4, -0.2) is 84.8 Å². The van der Waals surface area contributed by atoms with Gasteiger partial charge in [0.25, 0.3) is 0 Å². The van der Waals surface area contributed by atoms with Crippen molar-refractivity contribution < 1.29 is 41.5 Å². The molecule has 1 fully saturated rings. The summed E-state index contributed by atoms with van der Waals surface area (Å²) in [4.78, 5) is 0. The van der Waals surface area contributed by atoms with Crippen LogP contribution in [-0.2, 0) is 23.3 Å². The van der Waals surface area contributed by atoms with Crippen LogP contribution in [0, 0.1) is 0 Å². The Morgan fingerprint density at radius 1 is 1.29 bits per heavy atom. The fourth-order valence-electron chi connectivity index (χ4n) is 1.93. The number of hydrogen-bond acceptors (Lipinski definition) is 8.